The van der Waals surface area contributed by atoms with Crippen LogP contribution >= 0.6 is 11.6 Å². The second-order valence-electron chi connectivity index (χ2n) is 13.5. The molecule has 2 N–H and O–H groups in total. The van der Waals surface area contributed by atoms with Crippen LogP contribution in [0.15, 0.2) is 54.9 Å². The third kappa shape index (κ3) is 6.39. The first kappa shape index (κ1) is 33.5. The largest absolute Gasteiger partial charge is 0.355 e. The number of nitrogens with zero attached hydrogens (tertiary/aromatic N) is 5. The standard InChI is InChI=1S/C37H37ClFN7O4/c1-21(47)34-27-13-25(26-17-40-22(2)41-18-26)12-23-8-5-3-4-6-11-31(48)43-20-37-14-29(36(50)42-16-24-9-7-10-28(38)33(24)39)46(30(37)15-37)32(49)19-45(44-34)35(23)27/h3,5,7,9-10,12-13,17-18,29-30H,4,6,8,11,14-16,19-20H2,1-2H3,(H,42,50)(H,43,48)/b5-3+/t29-,30+,37-/m0/s1. The quantitative estimate of drug-likeness (QED) is 0.224. The van der Waals surface area contributed by atoms with Gasteiger partial charge in [0.15, 0.2) is 5.78 Å². The molecule has 2 fully saturated rings. The summed E-state index contributed by atoms with van der Waals surface area (Å²) in [5.41, 5.74) is 3.12. The van der Waals surface area contributed by atoms with Crippen molar-refractivity contribution in [2.24, 2.45) is 5.41 Å². The molecule has 50 heavy (non-hydrogen) atoms. The number of aryl methyl sites for hydroxylation is 1. The highest BCUT2D eigenvalue weighted by Crippen LogP contribution is 2.59. The van der Waals surface area contributed by atoms with Crippen molar-refractivity contribution in [1.29, 1.82) is 0 Å². The molecule has 3 amide bonds. The summed E-state index contributed by atoms with van der Waals surface area (Å²) in [5, 5.41) is 11.1. The van der Waals surface area contributed by atoms with Crippen LogP contribution in [-0.2, 0) is 33.9 Å². The minimum Gasteiger partial charge on any atom is -0.355 e. The predicted octanol–water partition coefficient (Wildman–Crippen LogP) is 4.87. The van der Waals surface area contributed by atoms with Crippen LogP contribution in [0.2, 0.25) is 5.02 Å². The number of rotatable bonds is 5. The van der Waals surface area contributed by atoms with Crippen molar-refractivity contribution in [3.8, 4) is 11.1 Å². The number of benzene rings is 2. The van der Waals surface area contributed by atoms with Gasteiger partial charge in [-0.1, -0.05) is 35.9 Å². The van der Waals surface area contributed by atoms with Crippen LogP contribution in [0, 0.1) is 18.2 Å². The van der Waals surface area contributed by atoms with E-state index in [2.05, 4.69) is 25.7 Å². The fraction of sp³-hybridized carbons (Fsp3) is 0.378. The number of nitrogens with one attached hydrogen (secondary N) is 2. The van der Waals surface area contributed by atoms with Crippen molar-refractivity contribution in [1.82, 2.24) is 35.3 Å². The van der Waals surface area contributed by atoms with Crippen molar-refractivity contribution < 1.29 is 23.6 Å². The van der Waals surface area contributed by atoms with E-state index < -0.39 is 23.2 Å². The minimum absolute atomic E-state index is 0.0458. The van der Waals surface area contributed by atoms with E-state index in [1.54, 1.807) is 34.1 Å². The number of carbonyl (C=O) groups excluding carboxylic acids is 4. The second kappa shape index (κ2) is 13.4. The second-order valence-corrected chi connectivity index (χ2v) is 13.9. The van der Waals surface area contributed by atoms with Crippen LogP contribution in [0.3, 0.4) is 0 Å². The molecule has 2 aliphatic heterocycles. The maximum atomic E-state index is 14.6. The Bertz CT molecular complexity index is 2060. The van der Waals surface area contributed by atoms with Crippen LogP contribution in [-0.4, -0.2) is 66.8 Å². The average Bonchev–Trinajstić information content (AvgIpc) is 3.50. The summed E-state index contributed by atoms with van der Waals surface area (Å²) in [4.78, 5) is 64.2. The van der Waals surface area contributed by atoms with E-state index in [0.29, 0.717) is 61.8 Å². The van der Waals surface area contributed by atoms with E-state index in [1.807, 2.05) is 31.2 Å². The number of ketones is 1. The molecule has 4 aromatic rings. The van der Waals surface area contributed by atoms with Gasteiger partial charge in [0.1, 0.15) is 29.9 Å². The summed E-state index contributed by atoms with van der Waals surface area (Å²) in [6.07, 6.45) is 10.7. The lowest BCUT2D eigenvalue weighted by Gasteiger charge is -2.27. The summed E-state index contributed by atoms with van der Waals surface area (Å²) < 4.78 is 16.2. The lowest BCUT2D eigenvalue weighted by molar-refractivity contribution is -0.140. The molecule has 2 aromatic carbocycles. The number of amides is 3. The van der Waals surface area contributed by atoms with Gasteiger partial charge in [-0.3, -0.25) is 23.9 Å². The van der Waals surface area contributed by atoms with Crippen LogP contribution in [0.5, 0.6) is 0 Å². The topological polar surface area (TPSA) is 139 Å². The van der Waals surface area contributed by atoms with Crippen LogP contribution in [0.25, 0.3) is 22.0 Å². The average molecular weight is 698 g/mol. The minimum atomic E-state index is -0.844. The molecule has 3 atom stereocenters. The van der Waals surface area contributed by atoms with Gasteiger partial charge in [-0.25, -0.2) is 14.4 Å². The Morgan fingerprint density at radius 3 is 2.70 bits per heavy atom. The van der Waals surface area contributed by atoms with Crippen molar-refractivity contribution in [3.63, 3.8) is 0 Å². The molecule has 3 aliphatic rings. The Balaban J connectivity index is 1.27. The molecule has 7 rings (SSSR count). The molecule has 1 aliphatic carbocycles. The van der Waals surface area contributed by atoms with Gasteiger partial charge in [0.2, 0.25) is 17.7 Å². The number of hydrogen-bond acceptors (Lipinski definition) is 7. The number of hydrogen-bond donors (Lipinski definition) is 2. The molecule has 0 radical (unpaired) electrons. The maximum absolute atomic E-state index is 14.6. The van der Waals surface area contributed by atoms with E-state index in [1.165, 1.54) is 13.0 Å². The molecule has 13 heteroatoms. The van der Waals surface area contributed by atoms with Crippen molar-refractivity contribution >= 4 is 46.0 Å². The van der Waals surface area contributed by atoms with Crippen LogP contribution in [0.1, 0.15) is 66.5 Å². The lowest BCUT2D eigenvalue weighted by Crippen LogP contribution is -2.48. The fourth-order valence-electron chi connectivity index (χ4n) is 7.38. The number of piperidine rings is 1. The zero-order chi connectivity index (χ0) is 35.2. The van der Waals surface area contributed by atoms with Gasteiger partial charge in [0, 0.05) is 66.8 Å². The highest BCUT2D eigenvalue weighted by molar-refractivity contribution is 6.30. The Morgan fingerprint density at radius 2 is 1.92 bits per heavy atom. The smallest absolute Gasteiger partial charge is 0.245 e. The first-order chi connectivity index (χ1) is 24.0. The number of halogens is 2. The summed E-state index contributed by atoms with van der Waals surface area (Å²) >= 11 is 5.95. The summed E-state index contributed by atoms with van der Waals surface area (Å²) in [6, 6.07) is 7.36. The number of aromatic nitrogens is 4. The molecule has 2 aromatic heterocycles. The van der Waals surface area contributed by atoms with Gasteiger partial charge in [-0.05, 0) is 68.4 Å². The molecular formula is C37H37ClFN7O4. The summed E-state index contributed by atoms with van der Waals surface area (Å²) in [5.74, 6) is -1.05. The van der Waals surface area contributed by atoms with E-state index in [9.17, 15) is 23.6 Å². The molecule has 2 bridgehead atoms. The zero-order valence-corrected chi connectivity index (χ0v) is 28.6. The van der Waals surface area contributed by atoms with E-state index >= 15 is 0 Å². The molecule has 1 saturated carbocycles. The van der Waals surface area contributed by atoms with Gasteiger partial charge in [-0.2, -0.15) is 5.10 Å². The molecular weight excluding hydrogens is 661 g/mol. The fourth-order valence-corrected chi connectivity index (χ4v) is 7.57. The Kier molecular flexibility index (Phi) is 8.98. The van der Waals surface area contributed by atoms with E-state index in [4.69, 9.17) is 11.6 Å². The van der Waals surface area contributed by atoms with Crippen LogP contribution in [0.4, 0.5) is 4.39 Å². The third-order valence-corrected chi connectivity index (χ3v) is 10.4. The van der Waals surface area contributed by atoms with Gasteiger partial charge < -0.3 is 15.5 Å². The molecule has 0 unspecified atom stereocenters. The summed E-state index contributed by atoms with van der Waals surface area (Å²) in [6.45, 7) is 3.29. The molecule has 11 nitrogen and oxygen atoms in total. The SMILES string of the molecule is CC(=O)c1nn2c3c(cc(-c4cnc(C)nc4)cc13)C/C=C/CCCC(=O)NC[C@@]13C[C@@H](C(=O)NCc4cccc(Cl)c4F)N(C(=O)C2)[C@@H]1C3. The first-order valence-electron chi connectivity index (χ1n) is 16.8. The molecule has 4 heterocycles. The Labute approximate surface area is 293 Å². The predicted molar refractivity (Wildman–Crippen MR) is 185 cm³/mol. The third-order valence-electron chi connectivity index (χ3n) is 10.1. The zero-order valence-electron chi connectivity index (χ0n) is 27.8. The van der Waals surface area contributed by atoms with Crippen molar-refractivity contribution in [2.45, 2.75) is 77.5 Å². The lowest BCUT2D eigenvalue weighted by atomic mass is 9.98. The normalized spacial score (nSPS) is 22.8. The number of Topliss-reactive ketones (excluding diaryl/α,β-unsaturated/α-hetero) is 1. The summed E-state index contributed by atoms with van der Waals surface area (Å²) in [7, 11) is 0. The molecule has 0 spiro atoms. The number of carbonyl (C=O) groups is 4. The van der Waals surface area contributed by atoms with Gasteiger partial charge >= 0.3 is 0 Å². The molecule has 258 valence electrons. The molecule has 1 saturated heterocycles. The highest BCUT2D eigenvalue weighted by Gasteiger charge is 2.67. The van der Waals surface area contributed by atoms with Crippen molar-refractivity contribution in [2.75, 3.05) is 6.54 Å². The van der Waals surface area contributed by atoms with E-state index in [-0.39, 0.29) is 53.0 Å². The van der Waals surface area contributed by atoms with Gasteiger partial charge in [0.25, 0.3) is 0 Å². The van der Waals surface area contributed by atoms with Crippen LogP contribution < -0.4 is 10.6 Å². The van der Waals surface area contributed by atoms with Crippen molar-refractivity contribution in [3.05, 3.63) is 88.4 Å². The first-order valence-corrected chi connectivity index (χ1v) is 17.2. The van der Waals surface area contributed by atoms with Gasteiger partial charge in [0.05, 0.1) is 10.5 Å². The highest BCUT2D eigenvalue weighted by atomic mass is 35.5. The number of allylic oxidation sites excluding steroid dienone is 2. The monoisotopic (exact) mass is 697 g/mol. The Hall–Kier alpha value is -4.97. The van der Waals surface area contributed by atoms with Gasteiger partial charge in [-0.15, -0.1) is 0 Å². The maximum Gasteiger partial charge on any atom is 0.245 e. The Morgan fingerprint density at radius 1 is 1.12 bits per heavy atom. The van der Waals surface area contributed by atoms with E-state index in [0.717, 1.165) is 16.7 Å².